The highest BCUT2D eigenvalue weighted by atomic mass is 79.9. The first-order valence-corrected chi connectivity index (χ1v) is 10.1. The number of rotatable bonds is 9. The molecule has 8 heteroatoms. The standard InChI is InChI=1S/C23H21BrFNO5/c1-29-20-8-5-16(23(27)28)11-19(20)26-12-15-9-18(24)22(21(10-15)30-2)31-13-14-3-6-17(25)7-4-14/h3-11,26H,12-13H2,1-2H3,(H,27,28). The zero-order chi connectivity index (χ0) is 22.4. The van der Waals surface area contributed by atoms with Crippen LogP contribution >= 0.6 is 15.9 Å². The van der Waals surface area contributed by atoms with Gasteiger partial charge in [-0.05, 0) is 69.5 Å². The SMILES string of the molecule is COc1ccc(C(=O)O)cc1NCc1cc(Br)c(OCc2ccc(F)cc2)c(OC)c1. The van der Waals surface area contributed by atoms with E-state index in [9.17, 15) is 14.3 Å². The van der Waals surface area contributed by atoms with Gasteiger partial charge >= 0.3 is 5.97 Å². The molecule has 0 fully saturated rings. The molecule has 0 aliphatic heterocycles. The minimum absolute atomic E-state index is 0.159. The highest BCUT2D eigenvalue weighted by molar-refractivity contribution is 9.10. The molecule has 3 aromatic carbocycles. The molecule has 0 bridgehead atoms. The largest absolute Gasteiger partial charge is 0.495 e. The molecule has 0 aliphatic rings. The smallest absolute Gasteiger partial charge is 0.335 e. The number of ether oxygens (including phenoxy) is 3. The molecule has 3 rings (SSSR count). The van der Waals surface area contributed by atoms with Crippen LogP contribution in [0, 0.1) is 5.82 Å². The van der Waals surface area contributed by atoms with Gasteiger partial charge in [-0.25, -0.2) is 9.18 Å². The van der Waals surface area contributed by atoms with Crippen LogP contribution in [-0.2, 0) is 13.2 Å². The van der Waals surface area contributed by atoms with E-state index in [1.54, 1.807) is 25.3 Å². The van der Waals surface area contributed by atoms with Crippen molar-refractivity contribution in [1.82, 2.24) is 0 Å². The van der Waals surface area contributed by atoms with E-state index in [1.165, 1.54) is 31.4 Å². The fraction of sp³-hybridized carbons (Fsp3) is 0.174. The first-order valence-electron chi connectivity index (χ1n) is 9.30. The number of halogens is 2. The Morgan fingerprint density at radius 3 is 2.35 bits per heavy atom. The third-order valence-corrected chi connectivity index (χ3v) is 5.10. The number of hydrogen-bond donors (Lipinski definition) is 2. The quantitative estimate of drug-likeness (QED) is 0.413. The second kappa shape index (κ2) is 10.2. The summed E-state index contributed by atoms with van der Waals surface area (Å²) in [5.74, 6) is 0.276. The van der Waals surface area contributed by atoms with Gasteiger partial charge in [0.2, 0.25) is 0 Å². The van der Waals surface area contributed by atoms with Crippen LogP contribution in [0.4, 0.5) is 10.1 Å². The maximum atomic E-state index is 13.1. The van der Waals surface area contributed by atoms with Gasteiger partial charge in [-0.15, -0.1) is 0 Å². The lowest BCUT2D eigenvalue weighted by Crippen LogP contribution is -2.05. The maximum Gasteiger partial charge on any atom is 0.335 e. The number of anilines is 1. The molecular weight excluding hydrogens is 469 g/mol. The molecule has 162 valence electrons. The van der Waals surface area contributed by atoms with E-state index < -0.39 is 5.97 Å². The minimum atomic E-state index is -1.02. The Balaban J connectivity index is 1.76. The van der Waals surface area contributed by atoms with E-state index >= 15 is 0 Å². The van der Waals surface area contributed by atoms with Crippen LogP contribution in [0.25, 0.3) is 0 Å². The van der Waals surface area contributed by atoms with Crippen LogP contribution in [0.2, 0.25) is 0 Å². The highest BCUT2D eigenvalue weighted by Crippen LogP contribution is 2.37. The summed E-state index contributed by atoms with van der Waals surface area (Å²) in [7, 11) is 3.07. The Morgan fingerprint density at radius 1 is 1.00 bits per heavy atom. The number of carboxylic acids is 1. The number of aromatic carboxylic acids is 1. The second-order valence-electron chi connectivity index (χ2n) is 6.60. The van der Waals surface area contributed by atoms with Gasteiger partial charge in [0.15, 0.2) is 11.5 Å². The molecule has 2 N–H and O–H groups in total. The van der Waals surface area contributed by atoms with Crippen LogP contribution in [0.5, 0.6) is 17.2 Å². The highest BCUT2D eigenvalue weighted by Gasteiger charge is 2.14. The third kappa shape index (κ3) is 5.67. The van der Waals surface area contributed by atoms with Crippen molar-refractivity contribution in [3.8, 4) is 17.2 Å². The van der Waals surface area contributed by atoms with Crippen LogP contribution in [0.3, 0.4) is 0 Å². The van der Waals surface area contributed by atoms with Crippen molar-refractivity contribution in [3.05, 3.63) is 81.6 Å². The van der Waals surface area contributed by atoms with Crippen molar-refractivity contribution in [2.45, 2.75) is 13.2 Å². The fourth-order valence-electron chi connectivity index (χ4n) is 2.93. The average molecular weight is 490 g/mol. The molecule has 0 spiro atoms. The van der Waals surface area contributed by atoms with Gasteiger partial charge in [-0.3, -0.25) is 0 Å². The first-order chi connectivity index (χ1) is 14.9. The van der Waals surface area contributed by atoms with Crippen LogP contribution in [0.15, 0.2) is 59.1 Å². The van der Waals surface area contributed by atoms with E-state index in [4.69, 9.17) is 14.2 Å². The summed E-state index contributed by atoms with van der Waals surface area (Å²) in [5.41, 5.74) is 2.42. The molecule has 0 atom stereocenters. The van der Waals surface area contributed by atoms with Gasteiger partial charge in [0.1, 0.15) is 18.2 Å². The Bertz CT molecular complexity index is 1070. The Kier molecular flexibility index (Phi) is 7.36. The van der Waals surface area contributed by atoms with E-state index in [1.807, 2.05) is 12.1 Å². The van der Waals surface area contributed by atoms with E-state index in [0.717, 1.165) is 11.1 Å². The molecule has 0 saturated heterocycles. The van der Waals surface area contributed by atoms with Crippen molar-refractivity contribution in [1.29, 1.82) is 0 Å². The number of methoxy groups -OCH3 is 2. The van der Waals surface area contributed by atoms with Gasteiger partial charge in [-0.1, -0.05) is 12.1 Å². The summed E-state index contributed by atoms with van der Waals surface area (Å²) in [6, 6.07) is 14.4. The lowest BCUT2D eigenvalue weighted by atomic mass is 10.1. The summed E-state index contributed by atoms with van der Waals surface area (Å²) in [6.07, 6.45) is 0. The summed E-state index contributed by atoms with van der Waals surface area (Å²) >= 11 is 3.51. The van der Waals surface area contributed by atoms with Crippen molar-refractivity contribution < 1.29 is 28.5 Å². The summed E-state index contributed by atoms with van der Waals surface area (Å²) in [5, 5.41) is 12.4. The molecule has 0 aliphatic carbocycles. The number of nitrogens with one attached hydrogen (secondary N) is 1. The molecule has 0 unspecified atom stereocenters. The van der Waals surface area contributed by atoms with E-state index in [2.05, 4.69) is 21.2 Å². The van der Waals surface area contributed by atoms with Gasteiger partial charge in [0, 0.05) is 6.54 Å². The van der Waals surface area contributed by atoms with Crippen molar-refractivity contribution in [2.75, 3.05) is 19.5 Å². The Labute approximate surface area is 187 Å². The summed E-state index contributed by atoms with van der Waals surface area (Å²) < 4.78 is 30.4. The first kappa shape index (κ1) is 22.4. The number of hydrogen-bond acceptors (Lipinski definition) is 5. The zero-order valence-corrected chi connectivity index (χ0v) is 18.5. The second-order valence-corrected chi connectivity index (χ2v) is 7.45. The predicted molar refractivity (Wildman–Crippen MR) is 119 cm³/mol. The molecule has 0 radical (unpaired) electrons. The van der Waals surface area contributed by atoms with Gasteiger partial charge < -0.3 is 24.6 Å². The fourth-order valence-corrected chi connectivity index (χ4v) is 3.53. The van der Waals surface area contributed by atoms with Crippen molar-refractivity contribution >= 4 is 27.6 Å². The lowest BCUT2D eigenvalue weighted by molar-refractivity contribution is 0.0697. The summed E-state index contributed by atoms with van der Waals surface area (Å²) in [6.45, 7) is 0.651. The predicted octanol–water partition coefficient (Wildman–Crippen LogP) is 5.49. The van der Waals surface area contributed by atoms with E-state index in [-0.39, 0.29) is 18.0 Å². The molecule has 0 aromatic heterocycles. The Morgan fingerprint density at radius 2 is 1.71 bits per heavy atom. The normalized spacial score (nSPS) is 10.5. The Hall–Kier alpha value is -3.26. The third-order valence-electron chi connectivity index (χ3n) is 4.52. The van der Waals surface area contributed by atoms with Gasteiger partial charge in [0.25, 0.3) is 0 Å². The molecule has 0 saturated carbocycles. The van der Waals surface area contributed by atoms with E-state index in [0.29, 0.717) is 34.0 Å². The maximum absolute atomic E-state index is 13.1. The molecule has 3 aromatic rings. The minimum Gasteiger partial charge on any atom is -0.495 e. The van der Waals surface area contributed by atoms with Crippen molar-refractivity contribution in [2.24, 2.45) is 0 Å². The topological polar surface area (TPSA) is 77.0 Å². The van der Waals surface area contributed by atoms with Crippen LogP contribution in [-0.4, -0.2) is 25.3 Å². The monoisotopic (exact) mass is 489 g/mol. The van der Waals surface area contributed by atoms with Crippen LogP contribution < -0.4 is 19.5 Å². The molecule has 6 nitrogen and oxygen atoms in total. The molecule has 0 heterocycles. The van der Waals surface area contributed by atoms with Gasteiger partial charge in [0.05, 0.1) is 29.9 Å². The molecule has 0 amide bonds. The number of benzene rings is 3. The van der Waals surface area contributed by atoms with Crippen LogP contribution in [0.1, 0.15) is 21.5 Å². The lowest BCUT2D eigenvalue weighted by Gasteiger charge is -2.16. The molecule has 31 heavy (non-hydrogen) atoms. The number of carboxylic acid groups (broad SMARTS) is 1. The van der Waals surface area contributed by atoms with Gasteiger partial charge in [-0.2, -0.15) is 0 Å². The zero-order valence-electron chi connectivity index (χ0n) is 16.9. The molecular formula is C23H21BrFNO5. The number of carbonyl (C=O) groups is 1. The summed E-state index contributed by atoms with van der Waals surface area (Å²) in [4.78, 5) is 11.2. The average Bonchev–Trinajstić information content (AvgIpc) is 2.77. The van der Waals surface area contributed by atoms with Crippen molar-refractivity contribution in [3.63, 3.8) is 0 Å².